The van der Waals surface area contributed by atoms with Crippen LogP contribution in [-0.2, 0) is 23.2 Å². The summed E-state index contributed by atoms with van der Waals surface area (Å²) < 4.78 is 12.1. The first kappa shape index (κ1) is 23.2. The fourth-order valence-corrected chi connectivity index (χ4v) is 5.34. The van der Waals surface area contributed by atoms with Gasteiger partial charge in [0.05, 0.1) is 11.6 Å². The second-order valence-corrected chi connectivity index (χ2v) is 9.49. The van der Waals surface area contributed by atoms with Crippen molar-refractivity contribution in [3.05, 3.63) is 57.1 Å². The number of piperidine rings is 1. The number of benzene rings is 2. The third kappa shape index (κ3) is 4.85. The fraction of sp³-hybridized carbons (Fsp3) is 0.480. The van der Waals surface area contributed by atoms with Crippen molar-refractivity contribution < 1.29 is 19.4 Å². The van der Waals surface area contributed by atoms with Gasteiger partial charge in [-0.25, -0.2) is 0 Å². The van der Waals surface area contributed by atoms with Gasteiger partial charge in [0.2, 0.25) is 0 Å². The second kappa shape index (κ2) is 9.90. The zero-order valence-electron chi connectivity index (χ0n) is 18.3. The van der Waals surface area contributed by atoms with Gasteiger partial charge in [-0.3, -0.25) is 4.79 Å². The van der Waals surface area contributed by atoms with Gasteiger partial charge in [0, 0.05) is 34.1 Å². The van der Waals surface area contributed by atoms with Gasteiger partial charge >= 0.3 is 5.97 Å². The van der Waals surface area contributed by atoms with E-state index < -0.39 is 5.97 Å². The number of fused-ring (bicyclic) bond motifs is 2. The molecule has 32 heavy (non-hydrogen) atoms. The van der Waals surface area contributed by atoms with Crippen molar-refractivity contribution >= 4 is 29.2 Å². The number of aliphatic carboxylic acids is 1. The Balaban J connectivity index is 1.39. The van der Waals surface area contributed by atoms with Gasteiger partial charge in [-0.05, 0) is 63.0 Å². The highest BCUT2D eigenvalue weighted by Gasteiger charge is 2.43. The van der Waals surface area contributed by atoms with E-state index in [1.165, 1.54) is 5.56 Å². The lowest BCUT2D eigenvalue weighted by Gasteiger charge is -2.38. The molecule has 0 radical (unpaired) electrons. The van der Waals surface area contributed by atoms with E-state index >= 15 is 0 Å². The van der Waals surface area contributed by atoms with E-state index in [9.17, 15) is 4.79 Å². The van der Waals surface area contributed by atoms with Crippen LogP contribution in [0.25, 0.3) is 0 Å². The van der Waals surface area contributed by atoms with Crippen molar-refractivity contribution in [3.8, 4) is 11.5 Å². The van der Waals surface area contributed by atoms with Gasteiger partial charge in [-0.15, -0.1) is 0 Å². The van der Waals surface area contributed by atoms with E-state index in [1.54, 1.807) is 0 Å². The first-order valence-electron chi connectivity index (χ1n) is 11.2. The summed E-state index contributed by atoms with van der Waals surface area (Å²) in [7, 11) is 0. The second-order valence-electron chi connectivity index (χ2n) is 8.71. The number of likely N-dealkylation sites (tertiary alicyclic amines) is 1. The van der Waals surface area contributed by atoms with E-state index in [4.69, 9.17) is 37.8 Å². The Labute approximate surface area is 199 Å². The minimum Gasteiger partial charge on any atom is -0.492 e. The smallest absolute Gasteiger partial charge is 0.303 e. The van der Waals surface area contributed by atoms with Crippen molar-refractivity contribution in [2.45, 2.75) is 51.0 Å². The predicted molar refractivity (Wildman–Crippen MR) is 126 cm³/mol. The Hall–Kier alpha value is -1.95. The number of aryl methyl sites for hydroxylation is 1. The molecule has 0 amide bonds. The molecule has 1 saturated heterocycles. The Morgan fingerprint density at radius 3 is 2.72 bits per heavy atom. The molecule has 0 bridgehead atoms. The maximum absolute atomic E-state index is 10.7. The molecular weight excluding hydrogens is 449 g/mol. The summed E-state index contributed by atoms with van der Waals surface area (Å²) in [4.78, 5) is 13.1. The Kier molecular flexibility index (Phi) is 7.18. The third-order valence-corrected chi connectivity index (χ3v) is 7.56. The zero-order valence-corrected chi connectivity index (χ0v) is 19.8. The van der Waals surface area contributed by atoms with Crippen LogP contribution in [0.5, 0.6) is 11.5 Å². The SMILES string of the molecule is CCc1ccc(Cl)c(COc2ccc3c(c2)OCC32CCN(CCCC(=O)O)CC2)c1Cl. The summed E-state index contributed by atoms with van der Waals surface area (Å²) in [5.74, 6) is 0.902. The standard InChI is InChI=1S/C25H29Cl2NO4/c1-2-17-5-8-21(26)19(24(17)27)15-31-18-6-7-20-22(14-18)32-16-25(20)9-12-28(13-10-25)11-3-4-23(29)30/h5-8,14H,2-4,9-13,15-16H2,1H3,(H,29,30). The van der Waals surface area contributed by atoms with Crippen molar-refractivity contribution in [2.24, 2.45) is 0 Å². The molecule has 1 fully saturated rings. The van der Waals surface area contributed by atoms with Crippen LogP contribution in [0.3, 0.4) is 0 Å². The molecular formula is C25H29Cl2NO4. The summed E-state index contributed by atoms with van der Waals surface area (Å²) in [6.07, 6.45) is 3.81. The predicted octanol–water partition coefficient (Wildman–Crippen LogP) is 5.73. The molecule has 4 rings (SSSR count). The number of carboxylic acid groups (broad SMARTS) is 1. The molecule has 5 nitrogen and oxygen atoms in total. The van der Waals surface area contributed by atoms with Crippen LogP contribution in [0.4, 0.5) is 0 Å². The van der Waals surface area contributed by atoms with Crippen molar-refractivity contribution in [3.63, 3.8) is 0 Å². The Morgan fingerprint density at radius 2 is 2.00 bits per heavy atom. The summed E-state index contributed by atoms with van der Waals surface area (Å²) in [5.41, 5.74) is 3.15. The summed E-state index contributed by atoms with van der Waals surface area (Å²) in [5, 5.41) is 10.1. The number of ether oxygens (including phenoxy) is 2. The number of hydrogen-bond acceptors (Lipinski definition) is 4. The van der Waals surface area contributed by atoms with Gasteiger partial charge in [0.1, 0.15) is 18.1 Å². The van der Waals surface area contributed by atoms with Crippen LogP contribution in [0, 0.1) is 0 Å². The van der Waals surface area contributed by atoms with Gasteiger partial charge in [0.25, 0.3) is 0 Å². The molecule has 1 spiro atoms. The lowest BCUT2D eigenvalue weighted by atomic mass is 9.74. The van der Waals surface area contributed by atoms with Gasteiger partial charge in [0.15, 0.2) is 0 Å². The minimum absolute atomic E-state index is 0.0409. The number of rotatable bonds is 8. The van der Waals surface area contributed by atoms with E-state index in [1.807, 2.05) is 24.3 Å². The normalized spacial score (nSPS) is 17.2. The Morgan fingerprint density at radius 1 is 1.22 bits per heavy atom. The van der Waals surface area contributed by atoms with Crippen LogP contribution >= 0.6 is 23.2 Å². The lowest BCUT2D eigenvalue weighted by Crippen LogP contribution is -2.43. The molecule has 172 valence electrons. The Bertz CT molecular complexity index is 986. The molecule has 2 aromatic carbocycles. The topological polar surface area (TPSA) is 59.0 Å². The minimum atomic E-state index is -0.725. The van der Waals surface area contributed by atoms with Crippen LogP contribution in [0.1, 0.15) is 49.3 Å². The van der Waals surface area contributed by atoms with Crippen LogP contribution in [-0.4, -0.2) is 42.2 Å². The molecule has 0 saturated carbocycles. The number of hydrogen-bond donors (Lipinski definition) is 1. The maximum atomic E-state index is 10.7. The molecule has 2 heterocycles. The van der Waals surface area contributed by atoms with Crippen LogP contribution in [0.15, 0.2) is 30.3 Å². The average molecular weight is 478 g/mol. The fourth-order valence-electron chi connectivity index (χ4n) is 4.72. The summed E-state index contributed by atoms with van der Waals surface area (Å²) in [6, 6.07) is 9.92. The highest BCUT2D eigenvalue weighted by atomic mass is 35.5. The number of halogens is 2. The molecule has 2 aliphatic heterocycles. The van der Waals surface area contributed by atoms with Gasteiger partial charge in [-0.1, -0.05) is 42.3 Å². The monoisotopic (exact) mass is 477 g/mol. The highest BCUT2D eigenvalue weighted by molar-refractivity contribution is 6.36. The average Bonchev–Trinajstić information content (AvgIpc) is 3.12. The molecule has 2 aliphatic rings. The summed E-state index contributed by atoms with van der Waals surface area (Å²) in [6.45, 7) is 5.82. The largest absolute Gasteiger partial charge is 0.492 e. The molecule has 0 aliphatic carbocycles. The summed E-state index contributed by atoms with van der Waals surface area (Å²) >= 11 is 12.9. The maximum Gasteiger partial charge on any atom is 0.303 e. The number of carbonyl (C=O) groups is 1. The van der Waals surface area contributed by atoms with Gasteiger partial charge < -0.3 is 19.5 Å². The molecule has 0 aromatic heterocycles. The van der Waals surface area contributed by atoms with E-state index in [-0.39, 0.29) is 11.8 Å². The van der Waals surface area contributed by atoms with Crippen LogP contribution in [0.2, 0.25) is 10.0 Å². The molecule has 7 heteroatoms. The number of carboxylic acids is 1. The first-order valence-corrected chi connectivity index (χ1v) is 12.0. The molecule has 1 N–H and O–H groups in total. The van der Waals surface area contributed by atoms with Crippen molar-refractivity contribution in [1.29, 1.82) is 0 Å². The third-order valence-electron chi connectivity index (χ3n) is 6.74. The van der Waals surface area contributed by atoms with E-state index in [0.29, 0.717) is 29.7 Å². The van der Waals surface area contributed by atoms with Crippen molar-refractivity contribution in [2.75, 3.05) is 26.2 Å². The van der Waals surface area contributed by atoms with Gasteiger partial charge in [-0.2, -0.15) is 0 Å². The molecule has 0 unspecified atom stereocenters. The van der Waals surface area contributed by atoms with Crippen LogP contribution < -0.4 is 9.47 Å². The van der Waals surface area contributed by atoms with E-state index in [0.717, 1.165) is 61.5 Å². The van der Waals surface area contributed by atoms with E-state index in [2.05, 4.69) is 17.9 Å². The quantitative estimate of drug-likeness (QED) is 0.526. The van der Waals surface area contributed by atoms with Crippen molar-refractivity contribution in [1.82, 2.24) is 4.90 Å². The highest BCUT2D eigenvalue weighted by Crippen LogP contribution is 2.46. The molecule has 0 atom stereocenters. The lowest BCUT2D eigenvalue weighted by molar-refractivity contribution is -0.137. The zero-order chi connectivity index (χ0) is 22.7. The number of nitrogens with zero attached hydrogens (tertiary/aromatic N) is 1. The first-order chi connectivity index (χ1) is 15.4. The molecule has 2 aromatic rings.